The van der Waals surface area contributed by atoms with Gasteiger partial charge in [-0.15, -0.1) is 0 Å². The molecule has 0 aliphatic heterocycles. The zero-order valence-electron chi connectivity index (χ0n) is 15.1. The Morgan fingerprint density at radius 2 is 1.81 bits per heavy atom. The second-order valence-electron chi connectivity index (χ2n) is 5.70. The monoisotopic (exact) mass is 373 g/mol. The second kappa shape index (κ2) is 8.65. The van der Waals surface area contributed by atoms with Gasteiger partial charge in [-0.25, -0.2) is 0 Å². The Bertz CT molecular complexity index is 849. The summed E-state index contributed by atoms with van der Waals surface area (Å²) in [4.78, 5) is 35.7. The van der Waals surface area contributed by atoms with Crippen molar-refractivity contribution in [2.75, 3.05) is 33.1 Å². The van der Waals surface area contributed by atoms with Gasteiger partial charge in [-0.3, -0.25) is 19.7 Å². The molecule has 9 nitrogen and oxygen atoms in total. The minimum Gasteiger partial charge on any atom is -0.496 e. The minimum absolute atomic E-state index is 0.0450. The Kier molecular flexibility index (Phi) is 6.32. The highest BCUT2D eigenvalue weighted by Gasteiger charge is 2.17. The van der Waals surface area contributed by atoms with Crippen LogP contribution in [0.25, 0.3) is 0 Å². The van der Waals surface area contributed by atoms with E-state index >= 15 is 0 Å². The van der Waals surface area contributed by atoms with Crippen LogP contribution in [0.4, 0.5) is 11.4 Å². The Labute approximate surface area is 155 Å². The van der Waals surface area contributed by atoms with E-state index in [1.807, 2.05) is 0 Å². The molecule has 0 saturated carbocycles. The molecule has 0 heterocycles. The highest BCUT2D eigenvalue weighted by Crippen LogP contribution is 2.25. The van der Waals surface area contributed by atoms with Crippen molar-refractivity contribution in [3.63, 3.8) is 0 Å². The number of benzene rings is 2. The van der Waals surface area contributed by atoms with Crippen molar-refractivity contribution in [2.24, 2.45) is 0 Å². The van der Waals surface area contributed by atoms with Crippen LogP contribution in [-0.2, 0) is 4.79 Å². The number of carbonyl (C=O) groups is 2. The van der Waals surface area contributed by atoms with Gasteiger partial charge in [0.1, 0.15) is 11.5 Å². The van der Waals surface area contributed by atoms with Crippen LogP contribution in [0.5, 0.6) is 11.5 Å². The molecular formula is C18H19N3O6. The van der Waals surface area contributed by atoms with Gasteiger partial charge in [-0.1, -0.05) is 0 Å². The Morgan fingerprint density at radius 3 is 2.37 bits per heavy atom. The highest BCUT2D eigenvalue weighted by atomic mass is 16.6. The van der Waals surface area contributed by atoms with Crippen LogP contribution in [0.1, 0.15) is 10.4 Å². The molecule has 2 aromatic rings. The minimum atomic E-state index is -0.586. The van der Waals surface area contributed by atoms with E-state index in [2.05, 4.69) is 5.32 Å². The first-order valence-corrected chi connectivity index (χ1v) is 7.88. The van der Waals surface area contributed by atoms with Crippen molar-refractivity contribution < 1.29 is 24.0 Å². The lowest BCUT2D eigenvalue weighted by Gasteiger charge is -2.12. The summed E-state index contributed by atoms with van der Waals surface area (Å²) in [5.74, 6) is -0.0338. The topological polar surface area (TPSA) is 111 Å². The number of rotatable bonds is 7. The average Bonchev–Trinajstić information content (AvgIpc) is 2.66. The molecule has 0 radical (unpaired) electrons. The molecule has 0 atom stereocenters. The highest BCUT2D eigenvalue weighted by molar-refractivity contribution is 6.06. The number of hydrogen-bond acceptors (Lipinski definition) is 6. The molecule has 2 amide bonds. The maximum absolute atomic E-state index is 12.4. The van der Waals surface area contributed by atoms with E-state index in [-0.39, 0.29) is 29.5 Å². The number of likely N-dealkylation sites (N-methyl/N-ethyl adjacent to an activating group) is 1. The van der Waals surface area contributed by atoms with Gasteiger partial charge < -0.3 is 19.7 Å². The molecule has 0 spiro atoms. The number of nitro groups is 1. The maximum Gasteiger partial charge on any atom is 0.270 e. The van der Waals surface area contributed by atoms with Crippen LogP contribution in [0.15, 0.2) is 42.5 Å². The quantitative estimate of drug-likeness (QED) is 0.589. The lowest BCUT2D eigenvalue weighted by molar-refractivity contribution is -0.384. The zero-order valence-corrected chi connectivity index (χ0v) is 15.1. The summed E-state index contributed by atoms with van der Waals surface area (Å²) in [6, 6.07) is 10.2. The van der Waals surface area contributed by atoms with Crippen LogP contribution < -0.4 is 14.8 Å². The van der Waals surface area contributed by atoms with E-state index in [1.54, 1.807) is 38.4 Å². The smallest absolute Gasteiger partial charge is 0.270 e. The summed E-state index contributed by atoms with van der Waals surface area (Å²) in [5, 5.41) is 13.6. The van der Waals surface area contributed by atoms with Gasteiger partial charge in [0.15, 0.2) is 6.61 Å². The third-order valence-corrected chi connectivity index (χ3v) is 3.61. The first kappa shape index (κ1) is 19.7. The van der Waals surface area contributed by atoms with E-state index in [0.717, 1.165) is 6.07 Å². The van der Waals surface area contributed by atoms with Crippen molar-refractivity contribution in [2.45, 2.75) is 0 Å². The average molecular weight is 373 g/mol. The summed E-state index contributed by atoms with van der Waals surface area (Å²) >= 11 is 0. The number of methoxy groups -OCH3 is 1. The molecule has 0 saturated heterocycles. The van der Waals surface area contributed by atoms with Crippen LogP contribution in [0.2, 0.25) is 0 Å². The second-order valence-corrected chi connectivity index (χ2v) is 5.70. The molecule has 0 unspecified atom stereocenters. The van der Waals surface area contributed by atoms with Gasteiger partial charge >= 0.3 is 0 Å². The van der Waals surface area contributed by atoms with Gasteiger partial charge in [0.05, 0.1) is 17.6 Å². The molecule has 0 fully saturated rings. The molecule has 0 aliphatic rings. The molecule has 27 heavy (non-hydrogen) atoms. The molecular weight excluding hydrogens is 354 g/mol. The number of nitro benzene ring substituents is 1. The standard InChI is InChI=1S/C18H19N3O6/c1-20(2)17(22)11-27-14-7-4-12(5-8-14)19-18(23)15-10-13(21(24)25)6-9-16(15)26-3/h4-10H,11H2,1-3H3,(H,19,23). The molecule has 2 rings (SSSR count). The maximum atomic E-state index is 12.4. The number of nitrogens with one attached hydrogen (secondary N) is 1. The van der Waals surface area contributed by atoms with Crippen LogP contribution in [0, 0.1) is 10.1 Å². The predicted molar refractivity (Wildman–Crippen MR) is 98.2 cm³/mol. The van der Waals surface area contributed by atoms with Crippen molar-refractivity contribution in [3.05, 3.63) is 58.1 Å². The molecule has 9 heteroatoms. The van der Waals surface area contributed by atoms with Gasteiger partial charge in [0.25, 0.3) is 17.5 Å². The Balaban J connectivity index is 2.09. The summed E-state index contributed by atoms with van der Waals surface area (Å²) in [6.45, 7) is -0.0937. The lowest BCUT2D eigenvalue weighted by Crippen LogP contribution is -2.27. The van der Waals surface area contributed by atoms with E-state index < -0.39 is 10.8 Å². The van der Waals surface area contributed by atoms with Crippen molar-refractivity contribution in [1.29, 1.82) is 0 Å². The van der Waals surface area contributed by atoms with Crippen LogP contribution >= 0.6 is 0 Å². The van der Waals surface area contributed by atoms with Crippen molar-refractivity contribution in [3.8, 4) is 11.5 Å². The Morgan fingerprint density at radius 1 is 1.15 bits per heavy atom. The Hall–Kier alpha value is -3.62. The molecule has 0 aromatic heterocycles. The molecule has 0 bridgehead atoms. The molecule has 0 aliphatic carbocycles. The van der Waals surface area contributed by atoms with Crippen molar-refractivity contribution >= 4 is 23.2 Å². The largest absolute Gasteiger partial charge is 0.496 e. The summed E-state index contributed by atoms with van der Waals surface area (Å²) in [6.07, 6.45) is 0. The van der Waals surface area contributed by atoms with E-state index in [1.165, 1.54) is 24.1 Å². The molecule has 2 aromatic carbocycles. The van der Waals surface area contributed by atoms with E-state index in [4.69, 9.17) is 9.47 Å². The molecule has 1 N–H and O–H groups in total. The number of carbonyl (C=O) groups excluding carboxylic acids is 2. The van der Waals surface area contributed by atoms with E-state index in [0.29, 0.717) is 11.4 Å². The number of nitrogens with zero attached hydrogens (tertiary/aromatic N) is 2. The summed E-state index contributed by atoms with van der Waals surface area (Å²) < 4.78 is 10.4. The first-order chi connectivity index (χ1) is 12.8. The third kappa shape index (κ3) is 5.18. The number of hydrogen-bond donors (Lipinski definition) is 1. The zero-order chi connectivity index (χ0) is 20.0. The molecule has 142 valence electrons. The van der Waals surface area contributed by atoms with Gasteiger partial charge in [-0.2, -0.15) is 0 Å². The number of anilines is 1. The van der Waals surface area contributed by atoms with Gasteiger partial charge in [-0.05, 0) is 30.3 Å². The fourth-order valence-corrected chi connectivity index (χ4v) is 2.09. The summed E-state index contributed by atoms with van der Waals surface area (Å²) in [5.41, 5.74) is 0.290. The van der Waals surface area contributed by atoms with Crippen LogP contribution in [-0.4, -0.2) is 49.4 Å². The van der Waals surface area contributed by atoms with E-state index in [9.17, 15) is 19.7 Å². The lowest BCUT2D eigenvalue weighted by atomic mass is 10.1. The van der Waals surface area contributed by atoms with Crippen molar-refractivity contribution in [1.82, 2.24) is 4.90 Å². The van der Waals surface area contributed by atoms with Gasteiger partial charge in [0.2, 0.25) is 0 Å². The van der Waals surface area contributed by atoms with Gasteiger partial charge in [0, 0.05) is 31.9 Å². The SMILES string of the molecule is COc1ccc([N+](=O)[O-])cc1C(=O)Nc1ccc(OCC(=O)N(C)C)cc1. The number of ether oxygens (including phenoxy) is 2. The normalized spacial score (nSPS) is 10.0. The summed E-state index contributed by atoms with van der Waals surface area (Å²) in [7, 11) is 4.64. The first-order valence-electron chi connectivity index (χ1n) is 7.88. The fraction of sp³-hybridized carbons (Fsp3) is 0.222. The predicted octanol–water partition coefficient (Wildman–Crippen LogP) is 2.32. The number of non-ortho nitro benzene ring substituents is 1. The third-order valence-electron chi connectivity index (χ3n) is 3.61. The number of amides is 2. The fourth-order valence-electron chi connectivity index (χ4n) is 2.09. The van der Waals surface area contributed by atoms with Crippen LogP contribution in [0.3, 0.4) is 0 Å².